The van der Waals surface area contributed by atoms with Crippen LogP contribution < -0.4 is 0 Å². The first-order valence-corrected chi connectivity index (χ1v) is 3.83. The van der Waals surface area contributed by atoms with Crippen LogP contribution in [-0.4, -0.2) is 28.5 Å². The Balaban J connectivity index is 2.54. The normalized spacial score (nSPS) is 10.4. The molecule has 0 saturated carbocycles. The molecular formula is C6H10ClN3O. The molecule has 62 valence electrons. The number of ether oxygens (including phenoxy) is 1. The second-order valence-corrected chi connectivity index (χ2v) is 2.33. The third kappa shape index (κ3) is 2.17. The SMILES string of the molecule is COCCn1cnnc1CCl. The lowest BCUT2D eigenvalue weighted by Gasteiger charge is -2.01. The predicted molar refractivity (Wildman–Crippen MR) is 41.5 cm³/mol. The van der Waals surface area contributed by atoms with Gasteiger partial charge in [-0.1, -0.05) is 0 Å². The van der Waals surface area contributed by atoms with E-state index < -0.39 is 0 Å². The summed E-state index contributed by atoms with van der Waals surface area (Å²) in [4.78, 5) is 0. The van der Waals surface area contributed by atoms with Crippen molar-refractivity contribution in [1.82, 2.24) is 14.8 Å². The van der Waals surface area contributed by atoms with E-state index in [1.54, 1.807) is 13.4 Å². The number of aromatic nitrogens is 3. The molecule has 1 aromatic rings. The number of methoxy groups -OCH3 is 1. The summed E-state index contributed by atoms with van der Waals surface area (Å²) >= 11 is 5.59. The Hall–Kier alpha value is -0.610. The first kappa shape index (κ1) is 8.49. The van der Waals surface area contributed by atoms with Crippen molar-refractivity contribution in [1.29, 1.82) is 0 Å². The molecule has 11 heavy (non-hydrogen) atoms. The van der Waals surface area contributed by atoms with E-state index in [2.05, 4.69) is 10.2 Å². The Labute approximate surface area is 70.1 Å². The fourth-order valence-electron chi connectivity index (χ4n) is 0.759. The van der Waals surface area contributed by atoms with Crippen LogP contribution in [0.5, 0.6) is 0 Å². The third-order valence-corrected chi connectivity index (χ3v) is 1.59. The molecule has 0 fully saturated rings. The summed E-state index contributed by atoms with van der Waals surface area (Å²) < 4.78 is 6.77. The van der Waals surface area contributed by atoms with Crippen LogP contribution in [0.15, 0.2) is 6.33 Å². The molecule has 0 N–H and O–H groups in total. The Morgan fingerprint density at radius 1 is 1.73 bits per heavy atom. The molecule has 0 bridgehead atoms. The fourth-order valence-corrected chi connectivity index (χ4v) is 0.966. The van der Waals surface area contributed by atoms with Crippen molar-refractivity contribution in [3.63, 3.8) is 0 Å². The lowest BCUT2D eigenvalue weighted by atomic mass is 10.6. The number of nitrogens with zero attached hydrogens (tertiary/aromatic N) is 3. The van der Waals surface area contributed by atoms with E-state index in [9.17, 15) is 0 Å². The zero-order valence-corrected chi connectivity index (χ0v) is 7.08. The minimum atomic E-state index is 0.393. The van der Waals surface area contributed by atoms with E-state index in [1.165, 1.54) is 0 Å². The van der Waals surface area contributed by atoms with Crippen molar-refractivity contribution < 1.29 is 4.74 Å². The van der Waals surface area contributed by atoms with E-state index in [4.69, 9.17) is 16.3 Å². The van der Waals surface area contributed by atoms with Gasteiger partial charge in [-0.3, -0.25) is 0 Å². The van der Waals surface area contributed by atoms with Gasteiger partial charge in [-0.25, -0.2) is 0 Å². The predicted octanol–water partition coefficient (Wildman–Crippen LogP) is 0.663. The van der Waals surface area contributed by atoms with Gasteiger partial charge in [0.1, 0.15) is 12.2 Å². The van der Waals surface area contributed by atoms with Crippen molar-refractivity contribution in [2.45, 2.75) is 12.4 Å². The molecule has 0 radical (unpaired) electrons. The molecule has 0 saturated heterocycles. The summed E-state index contributed by atoms with van der Waals surface area (Å²) in [5.41, 5.74) is 0. The van der Waals surface area contributed by atoms with Gasteiger partial charge in [0.2, 0.25) is 0 Å². The van der Waals surface area contributed by atoms with Crippen LogP contribution >= 0.6 is 11.6 Å². The molecule has 0 aliphatic carbocycles. The molecule has 0 aliphatic rings. The van der Waals surface area contributed by atoms with Crippen molar-refractivity contribution in [2.24, 2.45) is 0 Å². The zero-order chi connectivity index (χ0) is 8.10. The minimum Gasteiger partial charge on any atom is -0.383 e. The average molecular weight is 176 g/mol. The van der Waals surface area contributed by atoms with Crippen molar-refractivity contribution in [2.75, 3.05) is 13.7 Å². The van der Waals surface area contributed by atoms with Gasteiger partial charge in [-0.05, 0) is 0 Å². The van der Waals surface area contributed by atoms with Gasteiger partial charge in [0.25, 0.3) is 0 Å². The second-order valence-electron chi connectivity index (χ2n) is 2.07. The highest BCUT2D eigenvalue weighted by atomic mass is 35.5. The molecule has 0 amide bonds. The average Bonchev–Trinajstić information content (AvgIpc) is 2.47. The maximum atomic E-state index is 5.59. The first-order chi connectivity index (χ1) is 5.38. The highest BCUT2D eigenvalue weighted by molar-refractivity contribution is 6.16. The molecule has 0 aromatic carbocycles. The van der Waals surface area contributed by atoms with Crippen LogP contribution in [-0.2, 0) is 17.2 Å². The highest BCUT2D eigenvalue weighted by Crippen LogP contribution is 1.98. The van der Waals surface area contributed by atoms with Crippen LogP contribution in [0.25, 0.3) is 0 Å². The molecule has 0 spiro atoms. The Bertz CT molecular complexity index is 213. The van der Waals surface area contributed by atoms with Gasteiger partial charge < -0.3 is 9.30 Å². The summed E-state index contributed by atoms with van der Waals surface area (Å²) in [6.45, 7) is 1.41. The molecule has 0 atom stereocenters. The molecule has 1 rings (SSSR count). The number of hydrogen-bond acceptors (Lipinski definition) is 3. The van der Waals surface area contributed by atoms with Gasteiger partial charge >= 0.3 is 0 Å². The Morgan fingerprint density at radius 3 is 3.18 bits per heavy atom. The monoisotopic (exact) mass is 175 g/mol. The van der Waals surface area contributed by atoms with Crippen LogP contribution in [0.4, 0.5) is 0 Å². The summed E-state index contributed by atoms with van der Waals surface area (Å²) in [7, 11) is 1.66. The highest BCUT2D eigenvalue weighted by Gasteiger charge is 2.00. The molecule has 0 aliphatic heterocycles. The van der Waals surface area contributed by atoms with Gasteiger partial charge in [-0.2, -0.15) is 0 Å². The first-order valence-electron chi connectivity index (χ1n) is 3.30. The van der Waals surface area contributed by atoms with E-state index in [-0.39, 0.29) is 0 Å². The van der Waals surface area contributed by atoms with Crippen LogP contribution in [0, 0.1) is 0 Å². The van der Waals surface area contributed by atoms with E-state index in [0.717, 1.165) is 12.4 Å². The van der Waals surface area contributed by atoms with E-state index in [1.807, 2.05) is 4.57 Å². The zero-order valence-electron chi connectivity index (χ0n) is 6.33. The fraction of sp³-hybridized carbons (Fsp3) is 0.667. The summed E-state index contributed by atoms with van der Waals surface area (Å²) in [5.74, 6) is 1.17. The van der Waals surface area contributed by atoms with Crippen molar-refractivity contribution in [3.05, 3.63) is 12.2 Å². The van der Waals surface area contributed by atoms with Gasteiger partial charge in [-0.15, -0.1) is 21.8 Å². The number of halogens is 1. The Kier molecular flexibility index (Phi) is 3.32. The van der Waals surface area contributed by atoms with Crippen LogP contribution in [0.2, 0.25) is 0 Å². The largest absolute Gasteiger partial charge is 0.383 e. The maximum absolute atomic E-state index is 5.59. The maximum Gasteiger partial charge on any atom is 0.147 e. The molecule has 1 aromatic heterocycles. The minimum absolute atomic E-state index is 0.393. The quantitative estimate of drug-likeness (QED) is 0.632. The van der Waals surface area contributed by atoms with Crippen molar-refractivity contribution in [3.8, 4) is 0 Å². The molecule has 1 heterocycles. The molecule has 4 nitrogen and oxygen atoms in total. The Morgan fingerprint density at radius 2 is 2.55 bits per heavy atom. The lowest BCUT2D eigenvalue weighted by Crippen LogP contribution is -2.06. The molecule has 5 heteroatoms. The van der Waals surface area contributed by atoms with Crippen molar-refractivity contribution >= 4 is 11.6 Å². The topological polar surface area (TPSA) is 39.9 Å². The standard InChI is InChI=1S/C6H10ClN3O/c1-11-3-2-10-5-8-9-6(10)4-7/h5H,2-4H2,1H3. The molecular weight excluding hydrogens is 166 g/mol. The molecule has 0 unspecified atom stereocenters. The summed E-state index contributed by atoms with van der Waals surface area (Å²) in [6.07, 6.45) is 1.65. The van der Waals surface area contributed by atoms with Gasteiger partial charge in [0.15, 0.2) is 0 Å². The number of rotatable bonds is 4. The van der Waals surface area contributed by atoms with E-state index >= 15 is 0 Å². The van der Waals surface area contributed by atoms with Crippen LogP contribution in [0.3, 0.4) is 0 Å². The second kappa shape index (κ2) is 4.31. The van der Waals surface area contributed by atoms with E-state index in [0.29, 0.717) is 12.5 Å². The van der Waals surface area contributed by atoms with Gasteiger partial charge in [0, 0.05) is 13.7 Å². The third-order valence-electron chi connectivity index (χ3n) is 1.35. The number of hydrogen-bond donors (Lipinski definition) is 0. The van der Waals surface area contributed by atoms with Gasteiger partial charge in [0.05, 0.1) is 12.5 Å². The van der Waals surface area contributed by atoms with Crippen LogP contribution in [0.1, 0.15) is 5.82 Å². The summed E-state index contributed by atoms with van der Waals surface area (Å²) in [5, 5.41) is 7.53. The number of alkyl halides is 1. The summed E-state index contributed by atoms with van der Waals surface area (Å²) in [6, 6.07) is 0. The smallest absolute Gasteiger partial charge is 0.147 e. The lowest BCUT2D eigenvalue weighted by molar-refractivity contribution is 0.186.